The van der Waals surface area contributed by atoms with Crippen LogP contribution in [0.4, 0.5) is 10.5 Å². The van der Waals surface area contributed by atoms with Gasteiger partial charge in [-0.15, -0.1) is 0 Å². The van der Waals surface area contributed by atoms with Crippen molar-refractivity contribution in [3.05, 3.63) is 70.2 Å². The standard InChI is InChI=1S/C27H33N7O5/c1-17(2)13-18-14-28-15-21-24(18)32-22(29-21)16-34-12-8-10-20(26(34)37)30-25(36)19(31-27(38)39-5)9-6-7-11-23(35)33(3)4/h7-8,10-15,19H,6,9,16H2,1-5H3,(H,29,32)(H,30,36)(H,31,38)/b11-7+. The van der Waals surface area contributed by atoms with Crippen LogP contribution in [0.25, 0.3) is 17.1 Å². The van der Waals surface area contributed by atoms with Gasteiger partial charge in [0.05, 0.1) is 30.9 Å². The minimum Gasteiger partial charge on any atom is -0.453 e. The third-order valence-corrected chi connectivity index (χ3v) is 5.63. The van der Waals surface area contributed by atoms with Gasteiger partial charge in [0.15, 0.2) is 0 Å². The number of carbonyl (C=O) groups excluding carboxylic acids is 3. The molecular formula is C27H33N7O5. The summed E-state index contributed by atoms with van der Waals surface area (Å²) in [5.41, 5.74) is 3.06. The van der Waals surface area contributed by atoms with Crippen molar-refractivity contribution < 1.29 is 19.1 Å². The molecule has 0 aromatic carbocycles. The Labute approximate surface area is 225 Å². The number of aromatic amines is 1. The van der Waals surface area contributed by atoms with E-state index in [2.05, 4.69) is 30.3 Å². The maximum atomic E-state index is 13.2. The number of imidazole rings is 1. The molecule has 12 nitrogen and oxygen atoms in total. The monoisotopic (exact) mass is 535 g/mol. The molecule has 0 aliphatic heterocycles. The summed E-state index contributed by atoms with van der Waals surface area (Å²) in [6.45, 7) is 4.11. The maximum Gasteiger partial charge on any atom is 0.407 e. The van der Waals surface area contributed by atoms with Gasteiger partial charge in [-0.1, -0.05) is 17.7 Å². The van der Waals surface area contributed by atoms with Gasteiger partial charge in [0.25, 0.3) is 5.56 Å². The van der Waals surface area contributed by atoms with Crippen LogP contribution in [0.2, 0.25) is 0 Å². The Bertz CT molecular complexity index is 1460. The van der Waals surface area contributed by atoms with Crippen molar-refractivity contribution in [2.24, 2.45) is 0 Å². The molecule has 206 valence electrons. The number of pyridine rings is 2. The average Bonchev–Trinajstić information content (AvgIpc) is 3.31. The van der Waals surface area contributed by atoms with Gasteiger partial charge < -0.3 is 29.8 Å². The smallest absolute Gasteiger partial charge is 0.407 e. The number of nitrogens with one attached hydrogen (secondary N) is 3. The Balaban J connectivity index is 1.77. The zero-order valence-electron chi connectivity index (χ0n) is 22.6. The highest BCUT2D eigenvalue weighted by Gasteiger charge is 2.22. The number of hydrogen-bond acceptors (Lipinski definition) is 7. The summed E-state index contributed by atoms with van der Waals surface area (Å²) >= 11 is 0. The Morgan fingerprint density at radius 2 is 2.00 bits per heavy atom. The van der Waals surface area contributed by atoms with E-state index in [0.717, 1.165) is 22.2 Å². The van der Waals surface area contributed by atoms with Crippen molar-refractivity contribution in [1.82, 2.24) is 29.7 Å². The lowest BCUT2D eigenvalue weighted by molar-refractivity contribution is -0.123. The number of allylic oxidation sites excluding steroid dienone is 2. The van der Waals surface area contributed by atoms with E-state index in [9.17, 15) is 19.2 Å². The fourth-order valence-electron chi connectivity index (χ4n) is 3.70. The molecule has 0 saturated heterocycles. The van der Waals surface area contributed by atoms with Crippen molar-refractivity contribution >= 4 is 40.7 Å². The number of rotatable bonds is 10. The summed E-state index contributed by atoms with van der Waals surface area (Å²) < 4.78 is 6.04. The number of ether oxygens (including phenoxy) is 1. The molecule has 0 bridgehead atoms. The Morgan fingerprint density at radius 3 is 2.69 bits per heavy atom. The predicted molar refractivity (Wildman–Crippen MR) is 148 cm³/mol. The average molecular weight is 536 g/mol. The zero-order chi connectivity index (χ0) is 28.5. The number of nitrogens with zero attached hydrogens (tertiary/aromatic N) is 4. The first-order valence-electron chi connectivity index (χ1n) is 12.3. The molecule has 0 saturated carbocycles. The first-order chi connectivity index (χ1) is 18.6. The molecular weight excluding hydrogens is 502 g/mol. The second-order valence-corrected chi connectivity index (χ2v) is 9.28. The van der Waals surface area contributed by atoms with Crippen LogP contribution in [0.15, 0.2) is 53.2 Å². The van der Waals surface area contributed by atoms with Crippen molar-refractivity contribution in [2.45, 2.75) is 39.3 Å². The van der Waals surface area contributed by atoms with Crippen LogP contribution in [0.1, 0.15) is 38.1 Å². The maximum absolute atomic E-state index is 13.2. The molecule has 3 N–H and O–H groups in total. The third kappa shape index (κ3) is 7.87. The number of amides is 3. The van der Waals surface area contributed by atoms with E-state index in [0.29, 0.717) is 12.2 Å². The minimum absolute atomic E-state index is 0.0421. The van der Waals surface area contributed by atoms with Crippen LogP contribution >= 0.6 is 0 Å². The van der Waals surface area contributed by atoms with E-state index < -0.39 is 23.6 Å². The van der Waals surface area contributed by atoms with E-state index in [1.165, 1.54) is 28.7 Å². The van der Waals surface area contributed by atoms with Crippen molar-refractivity contribution in [3.63, 3.8) is 0 Å². The highest BCUT2D eigenvalue weighted by molar-refractivity contribution is 5.96. The summed E-state index contributed by atoms with van der Waals surface area (Å²) in [4.78, 5) is 63.2. The number of likely N-dealkylation sites (N-methyl/N-ethyl adjacent to an activating group) is 1. The minimum atomic E-state index is -0.999. The molecule has 0 aliphatic carbocycles. The SMILES string of the molecule is COC(=O)NC(CC/C=C/C(=O)N(C)C)C(=O)Nc1cccn(Cc2nc3c(C=C(C)C)cncc3[nH]2)c1=O. The van der Waals surface area contributed by atoms with Crippen LogP contribution in [0, 0.1) is 0 Å². The van der Waals surface area contributed by atoms with E-state index in [-0.39, 0.29) is 24.6 Å². The summed E-state index contributed by atoms with van der Waals surface area (Å²) in [5.74, 6) is -0.240. The fraction of sp³-hybridized carbons (Fsp3) is 0.333. The summed E-state index contributed by atoms with van der Waals surface area (Å²) in [6, 6.07) is 2.12. The lowest BCUT2D eigenvalue weighted by Crippen LogP contribution is -2.44. The number of carbonyl (C=O) groups is 3. The number of H-pyrrole nitrogens is 1. The fourth-order valence-corrected chi connectivity index (χ4v) is 3.70. The van der Waals surface area contributed by atoms with Gasteiger partial charge in [-0.3, -0.25) is 19.4 Å². The van der Waals surface area contributed by atoms with Gasteiger partial charge in [-0.2, -0.15) is 0 Å². The van der Waals surface area contributed by atoms with E-state index in [1.54, 1.807) is 44.8 Å². The second kappa shape index (κ2) is 13.2. The molecule has 3 rings (SSSR count). The quantitative estimate of drug-likeness (QED) is 0.338. The van der Waals surface area contributed by atoms with Gasteiger partial charge in [-0.05, 0) is 44.9 Å². The molecule has 3 amide bonds. The number of aromatic nitrogens is 4. The second-order valence-electron chi connectivity index (χ2n) is 9.28. The van der Waals surface area contributed by atoms with Crippen molar-refractivity contribution in [1.29, 1.82) is 0 Å². The third-order valence-electron chi connectivity index (χ3n) is 5.63. The lowest BCUT2D eigenvalue weighted by Gasteiger charge is -2.17. The number of hydrogen-bond donors (Lipinski definition) is 3. The molecule has 3 heterocycles. The number of methoxy groups -OCH3 is 1. The molecule has 0 fully saturated rings. The summed E-state index contributed by atoms with van der Waals surface area (Å²) in [6.07, 6.45) is 9.71. The van der Waals surface area contributed by atoms with E-state index in [1.807, 2.05) is 19.9 Å². The summed E-state index contributed by atoms with van der Waals surface area (Å²) in [5, 5.41) is 5.07. The molecule has 12 heteroatoms. The molecule has 0 aliphatic rings. The van der Waals surface area contributed by atoms with Gasteiger partial charge in [-0.25, -0.2) is 9.78 Å². The zero-order valence-corrected chi connectivity index (χ0v) is 22.6. The first-order valence-corrected chi connectivity index (χ1v) is 12.3. The van der Waals surface area contributed by atoms with Crippen LogP contribution in [0.3, 0.4) is 0 Å². The normalized spacial score (nSPS) is 11.7. The van der Waals surface area contributed by atoms with E-state index >= 15 is 0 Å². The Morgan fingerprint density at radius 1 is 1.23 bits per heavy atom. The van der Waals surface area contributed by atoms with Crippen LogP contribution in [-0.4, -0.2) is 69.6 Å². The van der Waals surface area contributed by atoms with Gasteiger partial charge in [0.1, 0.15) is 17.6 Å². The van der Waals surface area contributed by atoms with Gasteiger partial charge in [0.2, 0.25) is 11.8 Å². The van der Waals surface area contributed by atoms with Crippen LogP contribution < -0.4 is 16.2 Å². The Hall–Kier alpha value is -4.74. The number of fused-ring (bicyclic) bond motifs is 1. The topological polar surface area (TPSA) is 151 Å². The van der Waals surface area contributed by atoms with Crippen molar-refractivity contribution in [3.8, 4) is 0 Å². The molecule has 0 spiro atoms. The van der Waals surface area contributed by atoms with Crippen LogP contribution in [0.5, 0.6) is 0 Å². The first kappa shape index (κ1) is 28.8. The van der Waals surface area contributed by atoms with E-state index in [4.69, 9.17) is 0 Å². The molecule has 3 aromatic heterocycles. The summed E-state index contributed by atoms with van der Waals surface area (Å²) in [7, 11) is 4.44. The largest absolute Gasteiger partial charge is 0.453 e. The lowest BCUT2D eigenvalue weighted by atomic mass is 10.1. The van der Waals surface area contributed by atoms with Crippen molar-refractivity contribution in [2.75, 3.05) is 26.5 Å². The number of anilines is 1. The Kier molecular flexibility index (Phi) is 9.74. The predicted octanol–water partition coefficient (Wildman–Crippen LogP) is 2.68. The molecule has 1 unspecified atom stereocenters. The highest BCUT2D eigenvalue weighted by Crippen LogP contribution is 2.18. The molecule has 3 aromatic rings. The molecule has 1 atom stereocenters. The molecule has 39 heavy (non-hydrogen) atoms. The van der Waals surface area contributed by atoms with Crippen LogP contribution in [-0.2, 0) is 20.9 Å². The molecule has 0 radical (unpaired) electrons. The number of alkyl carbamates (subject to hydrolysis) is 1. The van der Waals surface area contributed by atoms with Gasteiger partial charge >= 0.3 is 6.09 Å². The highest BCUT2D eigenvalue weighted by atomic mass is 16.5. The van der Waals surface area contributed by atoms with Gasteiger partial charge in [0, 0.05) is 32.1 Å².